The molecule has 0 rings (SSSR count). The first-order valence-corrected chi connectivity index (χ1v) is 29.8. The zero-order chi connectivity index (χ0) is 63.4. The second-order valence-electron chi connectivity index (χ2n) is 20.1. The molecule has 0 aromatic heterocycles. The van der Waals surface area contributed by atoms with Crippen molar-refractivity contribution in [1.29, 1.82) is 0 Å². The van der Waals surface area contributed by atoms with E-state index in [1.165, 1.54) is 18.7 Å². The van der Waals surface area contributed by atoms with Gasteiger partial charge in [0.25, 0.3) is 0 Å². The standard InChI is InChI=1S/C51H92N14O16S2/c1-6-27(3)40(65-47(76)35(25-39(69)70)62-42(71)29(55)24-37(56)66)49(78)60-33(17-18-38(67)68)45(74)57-30(14-8-11-20-52)43(72)58-32(16-10-13-22-54)46(75)64-41(28(4)7-2)50(79)63-36(26-82)48(77)59-31(15-9-12-21-53)44(73)61-34(51(80)81)19-23-83-5/h27-36,40-41,82H,6-26,52-55H2,1-5H3,(H2,56,66)(H,57,74)(H,58,72)(H,59,77)(H,60,78)(H,61,73)(H,62,71)(H,63,79)(H,64,75)(H,65,76)(H,67,68)(H,69,70)(H,80,81)/t27-,28-,29-,30-,31-,32-,33-,34-,35-,36-,40-,41-/m0/s1. The van der Waals surface area contributed by atoms with Crippen LogP contribution in [0, 0.1) is 11.8 Å². The molecule has 10 amide bonds. The Balaban J connectivity index is 6.90. The van der Waals surface area contributed by atoms with E-state index in [0.717, 1.165) is 0 Å². The molecule has 0 aliphatic heterocycles. The van der Waals surface area contributed by atoms with E-state index in [-0.39, 0.29) is 70.3 Å². The van der Waals surface area contributed by atoms with Gasteiger partial charge in [-0.3, -0.25) is 57.5 Å². The molecule has 32 heteroatoms. The summed E-state index contributed by atoms with van der Waals surface area (Å²) in [5, 5.41) is 51.4. The molecule has 0 aromatic rings. The number of hydrogen-bond donors (Lipinski definition) is 18. The smallest absolute Gasteiger partial charge is 0.326 e. The second-order valence-corrected chi connectivity index (χ2v) is 21.5. The van der Waals surface area contributed by atoms with Crippen molar-refractivity contribution in [2.75, 3.05) is 37.4 Å². The minimum atomic E-state index is -1.82. The molecule has 0 radical (unpaired) electrons. The number of unbranched alkanes of at least 4 members (excludes halogenated alkanes) is 3. The molecular formula is C51H92N14O16S2. The van der Waals surface area contributed by atoms with Gasteiger partial charge in [0.05, 0.1) is 18.9 Å². The molecule has 474 valence electrons. The third kappa shape index (κ3) is 30.7. The number of rotatable bonds is 46. The lowest BCUT2D eigenvalue weighted by Crippen LogP contribution is -2.61. The van der Waals surface area contributed by atoms with Gasteiger partial charge >= 0.3 is 17.9 Å². The Hall–Kier alpha value is -6.35. The Bertz CT molecular complexity index is 2150. The molecule has 0 spiro atoms. The topological polar surface area (TPSA) is 521 Å². The van der Waals surface area contributed by atoms with E-state index in [1.807, 2.05) is 0 Å². The SMILES string of the molecule is CC[C@H](C)[C@H](NC(=O)[C@H](CCCCN)NC(=O)[C@H](CCCCN)NC(=O)[C@H](CCC(=O)O)NC(=O)[C@@H](NC(=O)[C@H](CC(=O)O)NC(=O)[C@@H](N)CC(N)=O)[C@@H](C)CC)C(=O)N[C@@H](CS)C(=O)N[C@@H](CCCCN)C(=O)N[C@@H](CCSC)C(=O)O. The van der Waals surface area contributed by atoms with Gasteiger partial charge in [-0.15, -0.1) is 0 Å². The number of carbonyl (C=O) groups is 13. The first-order valence-electron chi connectivity index (χ1n) is 27.8. The maximum absolute atomic E-state index is 14.3. The lowest BCUT2D eigenvalue weighted by molar-refractivity contribution is -0.142. The number of carboxylic acids is 3. The van der Waals surface area contributed by atoms with E-state index >= 15 is 0 Å². The maximum Gasteiger partial charge on any atom is 0.326 e. The van der Waals surface area contributed by atoms with Crippen LogP contribution in [0.2, 0.25) is 0 Å². The minimum Gasteiger partial charge on any atom is -0.481 e. The predicted octanol–water partition coefficient (Wildman–Crippen LogP) is -3.86. The van der Waals surface area contributed by atoms with Crippen LogP contribution in [-0.4, -0.2) is 190 Å². The highest BCUT2D eigenvalue weighted by Gasteiger charge is 2.38. The van der Waals surface area contributed by atoms with Gasteiger partial charge in [-0.05, 0) is 114 Å². The van der Waals surface area contributed by atoms with Crippen molar-refractivity contribution in [3.05, 3.63) is 0 Å². The Morgan fingerprint density at radius 1 is 0.446 bits per heavy atom. The van der Waals surface area contributed by atoms with Crippen LogP contribution in [0.3, 0.4) is 0 Å². The van der Waals surface area contributed by atoms with E-state index in [4.69, 9.17) is 28.7 Å². The van der Waals surface area contributed by atoms with Crippen LogP contribution in [0.5, 0.6) is 0 Å². The number of thioether (sulfide) groups is 1. The van der Waals surface area contributed by atoms with Crippen molar-refractivity contribution >= 4 is 101 Å². The third-order valence-corrected chi connectivity index (χ3v) is 14.4. The summed E-state index contributed by atoms with van der Waals surface area (Å²) in [6.07, 6.45) is 1.69. The molecule has 12 atom stereocenters. The molecule has 83 heavy (non-hydrogen) atoms. The fraction of sp³-hybridized carbons (Fsp3) is 0.745. The number of nitrogens with one attached hydrogen (secondary N) is 9. The van der Waals surface area contributed by atoms with Gasteiger partial charge in [0.2, 0.25) is 59.1 Å². The van der Waals surface area contributed by atoms with Crippen LogP contribution in [0.15, 0.2) is 0 Å². The quantitative estimate of drug-likeness (QED) is 0.0205. The molecule has 0 aliphatic carbocycles. The number of primary amides is 1. The van der Waals surface area contributed by atoms with Gasteiger partial charge in [0.1, 0.15) is 54.4 Å². The number of carbonyl (C=O) groups excluding carboxylic acids is 10. The Morgan fingerprint density at radius 2 is 0.795 bits per heavy atom. The summed E-state index contributed by atoms with van der Waals surface area (Å²) >= 11 is 5.66. The van der Waals surface area contributed by atoms with Crippen LogP contribution >= 0.6 is 24.4 Å². The highest BCUT2D eigenvalue weighted by molar-refractivity contribution is 7.98. The van der Waals surface area contributed by atoms with Gasteiger partial charge in [0.15, 0.2) is 0 Å². The minimum absolute atomic E-state index is 0.0282. The van der Waals surface area contributed by atoms with Crippen molar-refractivity contribution in [3.8, 4) is 0 Å². The molecule has 22 N–H and O–H groups in total. The molecule has 0 fully saturated rings. The number of nitrogens with two attached hydrogens (primary N) is 5. The zero-order valence-corrected chi connectivity index (χ0v) is 49.9. The molecule has 0 unspecified atom stereocenters. The first kappa shape index (κ1) is 76.6. The van der Waals surface area contributed by atoms with E-state index in [1.54, 1.807) is 27.0 Å². The largest absolute Gasteiger partial charge is 0.481 e. The molecule has 0 saturated carbocycles. The average molecular weight is 1220 g/mol. The monoisotopic (exact) mass is 1220 g/mol. The summed E-state index contributed by atoms with van der Waals surface area (Å²) in [6.45, 7) is 7.23. The van der Waals surface area contributed by atoms with Crippen LogP contribution in [0.4, 0.5) is 0 Å². The lowest BCUT2D eigenvalue weighted by Gasteiger charge is -2.30. The summed E-state index contributed by atoms with van der Waals surface area (Å²) in [6, 6.07) is -14.6. The normalized spacial score (nSPS) is 15.4. The summed E-state index contributed by atoms with van der Waals surface area (Å²) < 4.78 is 0. The van der Waals surface area contributed by atoms with Gasteiger partial charge in [-0.2, -0.15) is 24.4 Å². The molecule has 30 nitrogen and oxygen atoms in total. The summed E-state index contributed by atoms with van der Waals surface area (Å²) in [5.41, 5.74) is 28.0. The number of amides is 10. The Labute approximate surface area is 493 Å². The highest BCUT2D eigenvalue weighted by Crippen LogP contribution is 2.15. The second kappa shape index (κ2) is 42.5. The molecular weight excluding hydrogens is 1130 g/mol. The number of hydrogen-bond acceptors (Lipinski definition) is 19. The molecule has 0 aromatic carbocycles. The fourth-order valence-corrected chi connectivity index (χ4v) is 8.73. The van der Waals surface area contributed by atoms with Gasteiger partial charge in [-0.25, -0.2) is 4.79 Å². The number of carboxylic acid groups (broad SMARTS) is 3. The summed E-state index contributed by atoms with van der Waals surface area (Å²) in [4.78, 5) is 171. The predicted molar refractivity (Wildman–Crippen MR) is 310 cm³/mol. The van der Waals surface area contributed by atoms with E-state index in [2.05, 4.69) is 60.5 Å². The van der Waals surface area contributed by atoms with Crippen LogP contribution in [0.1, 0.15) is 130 Å². The van der Waals surface area contributed by atoms with Gasteiger partial charge in [0, 0.05) is 12.2 Å². The lowest BCUT2D eigenvalue weighted by atomic mass is 9.96. The highest BCUT2D eigenvalue weighted by atomic mass is 32.2. The summed E-state index contributed by atoms with van der Waals surface area (Å²) in [7, 11) is 0. The first-order chi connectivity index (χ1) is 39.2. The average Bonchev–Trinajstić information content (AvgIpc) is 3.50. The van der Waals surface area contributed by atoms with Gasteiger partial charge in [-0.1, -0.05) is 40.5 Å². The molecule has 0 aliphatic rings. The number of thiol groups is 1. The van der Waals surface area contributed by atoms with Crippen LogP contribution in [-0.2, 0) is 62.3 Å². The van der Waals surface area contributed by atoms with Gasteiger partial charge < -0.3 is 91.8 Å². The third-order valence-electron chi connectivity index (χ3n) is 13.4. The maximum atomic E-state index is 14.3. The zero-order valence-electron chi connectivity index (χ0n) is 48.2. The fourth-order valence-electron chi connectivity index (χ4n) is 8.00. The molecule has 0 saturated heterocycles. The van der Waals surface area contributed by atoms with Crippen molar-refractivity contribution < 1.29 is 77.6 Å². The Morgan fingerprint density at radius 3 is 1.14 bits per heavy atom. The Kier molecular flexibility index (Phi) is 39.2. The van der Waals surface area contributed by atoms with Crippen molar-refractivity contribution in [2.24, 2.45) is 40.5 Å². The van der Waals surface area contributed by atoms with E-state index in [0.29, 0.717) is 37.9 Å². The number of aliphatic carboxylic acids is 3. The van der Waals surface area contributed by atoms with Crippen molar-refractivity contribution in [3.63, 3.8) is 0 Å². The summed E-state index contributed by atoms with van der Waals surface area (Å²) in [5.74, 6) is -14.8. The van der Waals surface area contributed by atoms with Crippen LogP contribution in [0.25, 0.3) is 0 Å². The van der Waals surface area contributed by atoms with E-state index < -0.39 is 175 Å². The van der Waals surface area contributed by atoms with Crippen molar-refractivity contribution in [2.45, 2.75) is 191 Å². The van der Waals surface area contributed by atoms with Crippen LogP contribution < -0.4 is 76.5 Å². The molecule has 0 heterocycles. The van der Waals surface area contributed by atoms with E-state index in [9.17, 15) is 77.6 Å². The molecule has 0 bridgehead atoms. The van der Waals surface area contributed by atoms with Crippen molar-refractivity contribution in [1.82, 2.24) is 47.9 Å².